The predicted octanol–water partition coefficient (Wildman–Crippen LogP) is 3.27. The van der Waals surface area contributed by atoms with E-state index in [0.717, 1.165) is 0 Å². The molecule has 6 nitrogen and oxygen atoms in total. The Hall–Kier alpha value is -1.85. The van der Waals surface area contributed by atoms with E-state index in [2.05, 4.69) is 24.0 Å². The first kappa shape index (κ1) is 18.2. The summed E-state index contributed by atoms with van der Waals surface area (Å²) in [4.78, 5) is 14.0. The van der Waals surface area contributed by atoms with Crippen LogP contribution in [0.2, 0.25) is 0 Å². The summed E-state index contributed by atoms with van der Waals surface area (Å²) in [5.74, 6) is 0.821. The van der Waals surface area contributed by atoms with E-state index in [4.69, 9.17) is 9.47 Å². The van der Waals surface area contributed by atoms with E-state index in [-0.39, 0.29) is 6.09 Å². The third-order valence-electron chi connectivity index (χ3n) is 2.58. The summed E-state index contributed by atoms with van der Waals surface area (Å²) in [6.45, 7) is 13.1. The van der Waals surface area contributed by atoms with Crippen LogP contribution in [-0.4, -0.2) is 39.9 Å². The molecule has 0 atom stereocenters. The molecule has 1 amide bonds. The number of carbonyl (C=O) groups excluding carboxylic acids is 1. The molecule has 1 aromatic rings. The van der Waals surface area contributed by atoms with Crippen LogP contribution in [0.1, 0.15) is 47.2 Å². The minimum absolute atomic E-state index is 0.336. The smallest absolute Gasteiger partial charge is 0.410 e. The Balaban J connectivity index is 2.77. The molecule has 0 aliphatic heterocycles. The lowest BCUT2D eigenvalue weighted by molar-refractivity contribution is 0.0208. The maximum atomic E-state index is 12.3. The highest BCUT2D eigenvalue weighted by molar-refractivity contribution is 5.68. The zero-order chi connectivity index (χ0) is 16.8. The van der Waals surface area contributed by atoms with Crippen molar-refractivity contribution in [3.63, 3.8) is 0 Å². The van der Waals surface area contributed by atoms with Crippen molar-refractivity contribution in [1.82, 2.24) is 15.1 Å². The quantitative estimate of drug-likeness (QED) is 0.807. The summed E-state index contributed by atoms with van der Waals surface area (Å²) in [6.07, 6.45) is -0.336. The van der Waals surface area contributed by atoms with Crippen LogP contribution in [0.5, 0.6) is 5.88 Å². The Morgan fingerprint density at radius 3 is 2.41 bits per heavy atom. The van der Waals surface area contributed by atoms with E-state index in [1.807, 2.05) is 33.8 Å². The molecule has 0 spiro atoms. The third-order valence-corrected chi connectivity index (χ3v) is 2.58. The van der Waals surface area contributed by atoms with Gasteiger partial charge in [0.15, 0.2) is 0 Å². The fourth-order valence-corrected chi connectivity index (χ4v) is 1.82. The summed E-state index contributed by atoms with van der Waals surface area (Å²) in [5, 5.41) is 8.08. The Morgan fingerprint density at radius 2 is 1.95 bits per heavy atom. The zero-order valence-electron chi connectivity index (χ0n) is 14.4. The van der Waals surface area contributed by atoms with Gasteiger partial charge in [0.2, 0.25) is 5.88 Å². The molecule has 0 N–H and O–H groups in total. The van der Waals surface area contributed by atoms with Gasteiger partial charge in [0.1, 0.15) is 5.60 Å². The predicted molar refractivity (Wildman–Crippen MR) is 84.7 cm³/mol. The van der Waals surface area contributed by atoms with E-state index in [0.29, 0.717) is 37.2 Å². The van der Waals surface area contributed by atoms with Gasteiger partial charge in [0.25, 0.3) is 0 Å². The molecule has 0 saturated heterocycles. The molecule has 0 unspecified atom stereocenters. The minimum atomic E-state index is -0.517. The molecular weight excluding hydrogens is 282 g/mol. The number of carbonyl (C=O) groups is 1. The highest BCUT2D eigenvalue weighted by Gasteiger charge is 2.23. The van der Waals surface area contributed by atoms with Crippen LogP contribution in [0.25, 0.3) is 0 Å². The largest absolute Gasteiger partial charge is 0.477 e. The van der Waals surface area contributed by atoms with Gasteiger partial charge in [-0.1, -0.05) is 13.8 Å². The molecule has 1 heterocycles. The normalized spacial score (nSPS) is 11.4. The number of amides is 1. The van der Waals surface area contributed by atoms with Crippen molar-refractivity contribution in [2.24, 2.45) is 5.92 Å². The van der Waals surface area contributed by atoms with Crippen LogP contribution in [0.3, 0.4) is 0 Å². The molecule has 0 saturated carbocycles. The summed E-state index contributed by atoms with van der Waals surface area (Å²) < 4.78 is 10.7. The monoisotopic (exact) mass is 309 g/mol. The van der Waals surface area contributed by atoms with E-state index >= 15 is 0 Å². The molecular formula is C16H27N3O3. The first-order valence-electron chi connectivity index (χ1n) is 7.64. The van der Waals surface area contributed by atoms with Crippen molar-refractivity contribution in [2.75, 3.05) is 13.2 Å². The third kappa shape index (κ3) is 6.74. The van der Waals surface area contributed by atoms with Gasteiger partial charge in [-0.3, -0.25) is 0 Å². The van der Waals surface area contributed by atoms with Gasteiger partial charge in [-0.05, 0) is 39.7 Å². The number of rotatable bonds is 6. The van der Waals surface area contributed by atoms with Crippen molar-refractivity contribution < 1.29 is 14.3 Å². The second-order valence-electron chi connectivity index (χ2n) is 6.55. The second kappa shape index (κ2) is 7.96. The zero-order valence-corrected chi connectivity index (χ0v) is 14.4. The summed E-state index contributed by atoms with van der Waals surface area (Å²) in [7, 11) is 0. The first-order chi connectivity index (χ1) is 10.2. The molecule has 0 fully saturated rings. The molecule has 22 heavy (non-hydrogen) atoms. The molecule has 1 aromatic heterocycles. The standard InChI is InChI=1S/C16H27N3O3/c1-7-21-14-9-8-13(17-18-14)11-19(10-12(2)3)15(20)22-16(4,5)6/h8-9,12H,7,10-11H2,1-6H3. The van der Waals surface area contributed by atoms with Crippen molar-refractivity contribution in [2.45, 2.75) is 53.7 Å². The lowest BCUT2D eigenvalue weighted by Gasteiger charge is -2.28. The van der Waals surface area contributed by atoms with Gasteiger partial charge < -0.3 is 14.4 Å². The maximum absolute atomic E-state index is 12.3. The molecule has 6 heteroatoms. The maximum Gasteiger partial charge on any atom is 0.410 e. The van der Waals surface area contributed by atoms with Crippen LogP contribution in [-0.2, 0) is 11.3 Å². The lowest BCUT2D eigenvalue weighted by Crippen LogP contribution is -2.38. The lowest BCUT2D eigenvalue weighted by atomic mass is 10.2. The Kier molecular flexibility index (Phi) is 6.59. The van der Waals surface area contributed by atoms with E-state index in [1.54, 1.807) is 11.0 Å². The average molecular weight is 309 g/mol. The number of hydrogen-bond acceptors (Lipinski definition) is 5. The first-order valence-corrected chi connectivity index (χ1v) is 7.64. The number of nitrogens with zero attached hydrogens (tertiary/aromatic N) is 3. The van der Waals surface area contributed by atoms with Crippen LogP contribution >= 0.6 is 0 Å². The SMILES string of the molecule is CCOc1ccc(CN(CC(C)C)C(=O)OC(C)(C)C)nn1. The van der Waals surface area contributed by atoms with Crippen LogP contribution < -0.4 is 4.74 Å². The van der Waals surface area contributed by atoms with Gasteiger partial charge in [-0.15, -0.1) is 5.10 Å². The van der Waals surface area contributed by atoms with Crippen molar-refractivity contribution in [3.05, 3.63) is 17.8 Å². The Bertz CT molecular complexity index is 467. The van der Waals surface area contributed by atoms with Crippen LogP contribution in [0.4, 0.5) is 4.79 Å². The van der Waals surface area contributed by atoms with Gasteiger partial charge >= 0.3 is 6.09 Å². The Morgan fingerprint density at radius 1 is 1.27 bits per heavy atom. The molecule has 124 valence electrons. The van der Waals surface area contributed by atoms with Gasteiger partial charge in [0.05, 0.1) is 18.8 Å². The molecule has 0 radical (unpaired) electrons. The van der Waals surface area contributed by atoms with Crippen LogP contribution in [0, 0.1) is 5.92 Å². The Labute approximate surface area is 132 Å². The molecule has 0 bridgehead atoms. The summed E-state index contributed by atoms with van der Waals surface area (Å²) in [5.41, 5.74) is 0.187. The van der Waals surface area contributed by atoms with Crippen molar-refractivity contribution in [1.29, 1.82) is 0 Å². The molecule has 0 aliphatic carbocycles. The molecule has 0 aliphatic rings. The van der Waals surface area contributed by atoms with E-state index < -0.39 is 5.60 Å². The highest BCUT2D eigenvalue weighted by Crippen LogP contribution is 2.14. The number of hydrogen-bond donors (Lipinski definition) is 0. The van der Waals surface area contributed by atoms with E-state index in [9.17, 15) is 4.79 Å². The highest BCUT2D eigenvalue weighted by atomic mass is 16.6. The van der Waals surface area contributed by atoms with Crippen molar-refractivity contribution >= 4 is 6.09 Å². The summed E-state index contributed by atoms with van der Waals surface area (Å²) in [6, 6.07) is 3.57. The summed E-state index contributed by atoms with van der Waals surface area (Å²) >= 11 is 0. The van der Waals surface area contributed by atoms with E-state index in [1.165, 1.54) is 0 Å². The average Bonchev–Trinajstić information content (AvgIpc) is 2.38. The van der Waals surface area contributed by atoms with Gasteiger partial charge in [0, 0.05) is 12.6 Å². The molecule has 0 aromatic carbocycles. The van der Waals surface area contributed by atoms with Crippen molar-refractivity contribution in [3.8, 4) is 5.88 Å². The molecule has 1 rings (SSSR count). The van der Waals surface area contributed by atoms with Gasteiger partial charge in [-0.25, -0.2) is 4.79 Å². The number of aromatic nitrogens is 2. The fraction of sp³-hybridized carbons (Fsp3) is 0.688. The second-order valence-corrected chi connectivity index (χ2v) is 6.55. The topological polar surface area (TPSA) is 64.5 Å². The minimum Gasteiger partial charge on any atom is -0.477 e. The number of ether oxygens (including phenoxy) is 2. The fourth-order valence-electron chi connectivity index (χ4n) is 1.82. The van der Waals surface area contributed by atoms with Gasteiger partial charge in [-0.2, -0.15) is 5.10 Å². The van der Waals surface area contributed by atoms with Crippen LogP contribution in [0.15, 0.2) is 12.1 Å².